The maximum atomic E-state index is 12.7. The topological polar surface area (TPSA) is 51.0 Å². The Balaban J connectivity index is 1.55. The van der Waals surface area contributed by atoms with Gasteiger partial charge in [-0.3, -0.25) is 9.78 Å². The SMILES string of the molecule is Cc1cnc(-c2ccncc2)n1C1CCN(C(=O)C2CCCC2)C1. The molecule has 0 bridgehead atoms. The van der Waals surface area contributed by atoms with Gasteiger partial charge in [0.05, 0.1) is 6.04 Å². The summed E-state index contributed by atoms with van der Waals surface area (Å²) in [6.45, 7) is 3.77. The van der Waals surface area contributed by atoms with E-state index in [1.807, 2.05) is 18.3 Å². The average Bonchev–Trinajstić information content (AvgIpc) is 3.35. The van der Waals surface area contributed by atoms with Crippen LogP contribution >= 0.6 is 0 Å². The Kier molecular flexibility index (Phi) is 4.08. The first kappa shape index (κ1) is 15.4. The van der Waals surface area contributed by atoms with E-state index in [-0.39, 0.29) is 5.92 Å². The fraction of sp³-hybridized carbons (Fsp3) is 0.526. The minimum Gasteiger partial charge on any atom is -0.340 e. The van der Waals surface area contributed by atoms with Gasteiger partial charge in [-0.15, -0.1) is 0 Å². The minimum atomic E-state index is 0.271. The van der Waals surface area contributed by atoms with Crippen molar-refractivity contribution in [2.45, 2.75) is 45.1 Å². The van der Waals surface area contributed by atoms with Crippen LogP contribution in [0.15, 0.2) is 30.7 Å². The van der Waals surface area contributed by atoms with E-state index >= 15 is 0 Å². The smallest absolute Gasteiger partial charge is 0.225 e. The summed E-state index contributed by atoms with van der Waals surface area (Å²) >= 11 is 0. The second-order valence-corrected chi connectivity index (χ2v) is 7.04. The van der Waals surface area contributed by atoms with Gasteiger partial charge in [0.15, 0.2) is 0 Å². The van der Waals surface area contributed by atoms with Gasteiger partial charge in [0.25, 0.3) is 0 Å². The normalized spacial score (nSPS) is 21.5. The summed E-state index contributed by atoms with van der Waals surface area (Å²) in [7, 11) is 0. The van der Waals surface area contributed by atoms with Crippen LogP contribution in [0.1, 0.15) is 43.8 Å². The predicted molar refractivity (Wildman–Crippen MR) is 92.4 cm³/mol. The molecule has 2 aromatic heterocycles. The summed E-state index contributed by atoms with van der Waals surface area (Å²) < 4.78 is 2.30. The summed E-state index contributed by atoms with van der Waals surface area (Å²) in [4.78, 5) is 23.5. The van der Waals surface area contributed by atoms with Crippen LogP contribution < -0.4 is 0 Å². The lowest BCUT2D eigenvalue weighted by molar-refractivity contribution is -0.134. The molecule has 0 radical (unpaired) electrons. The van der Waals surface area contributed by atoms with Gasteiger partial charge >= 0.3 is 0 Å². The van der Waals surface area contributed by atoms with Crippen LogP contribution in [0.2, 0.25) is 0 Å². The Hall–Kier alpha value is -2.17. The largest absolute Gasteiger partial charge is 0.340 e. The minimum absolute atomic E-state index is 0.271. The number of hydrogen-bond acceptors (Lipinski definition) is 3. The Morgan fingerprint density at radius 1 is 1.17 bits per heavy atom. The molecule has 5 nitrogen and oxygen atoms in total. The number of rotatable bonds is 3. The highest BCUT2D eigenvalue weighted by Crippen LogP contribution is 2.32. The van der Waals surface area contributed by atoms with E-state index in [0.29, 0.717) is 11.9 Å². The molecule has 1 atom stereocenters. The summed E-state index contributed by atoms with van der Waals surface area (Å²) in [5.74, 6) is 1.63. The molecule has 1 saturated heterocycles. The van der Waals surface area contributed by atoms with Crippen molar-refractivity contribution in [3.05, 3.63) is 36.4 Å². The van der Waals surface area contributed by atoms with Gasteiger partial charge in [0.2, 0.25) is 5.91 Å². The van der Waals surface area contributed by atoms with E-state index in [1.165, 1.54) is 12.8 Å². The zero-order valence-corrected chi connectivity index (χ0v) is 14.2. The first-order valence-corrected chi connectivity index (χ1v) is 8.97. The number of imidazole rings is 1. The van der Waals surface area contributed by atoms with Crippen molar-refractivity contribution in [2.75, 3.05) is 13.1 Å². The quantitative estimate of drug-likeness (QED) is 0.871. The predicted octanol–water partition coefficient (Wildman–Crippen LogP) is 3.22. The summed E-state index contributed by atoms with van der Waals surface area (Å²) in [6, 6.07) is 4.31. The third-order valence-corrected chi connectivity index (χ3v) is 5.46. The van der Waals surface area contributed by atoms with Crippen LogP contribution in [0.4, 0.5) is 0 Å². The number of amides is 1. The van der Waals surface area contributed by atoms with Gasteiger partial charge in [0, 0.05) is 48.9 Å². The molecule has 1 aliphatic carbocycles. The first-order chi connectivity index (χ1) is 11.7. The van der Waals surface area contributed by atoms with Crippen molar-refractivity contribution in [3.8, 4) is 11.4 Å². The lowest BCUT2D eigenvalue weighted by Crippen LogP contribution is -2.33. The van der Waals surface area contributed by atoms with Gasteiger partial charge < -0.3 is 9.47 Å². The molecular weight excluding hydrogens is 300 g/mol. The van der Waals surface area contributed by atoms with Crippen LogP contribution in [-0.4, -0.2) is 38.4 Å². The Bertz CT molecular complexity index is 718. The molecule has 24 heavy (non-hydrogen) atoms. The van der Waals surface area contributed by atoms with Crippen molar-refractivity contribution in [3.63, 3.8) is 0 Å². The number of aromatic nitrogens is 3. The van der Waals surface area contributed by atoms with Crippen LogP contribution in [0, 0.1) is 12.8 Å². The van der Waals surface area contributed by atoms with Crippen molar-refractivity contribution in [1.29, 1.82) is 0 Å². The third-order valence-electron chi connectivity index (χ3n) is 5.46. The van der Waals surface area contributed by atoms with E-state index in [4.69, 9.17) is 0 Å². The van der Waals surface area contributed by atoms with Crippen LogP contribution in [0.5, 0.6) is 0 Å². The highest BCUT2D eigenvalue weighted by molar-refractivity contribution is 5.79. The zero-order chi connectivity index (χ0) is 16.5. The third kappa shape index (κ3) is 2.72. The van der Waals surface area contributed by atoms with E-state index in [0.717, 1.165) is 49.4 Å². The Morgan fingerprint density at radius 3 is 2.67 bits per heavy atom. The van der Waals surface area contributed by atoms with Gasteiger partial charge in [-0.25, -0.2) is 4.98 Å². The van der Waals surface area contributed by atoms with E-state index in [9.17, 15) is 4.79 Å². The Morgan fingerprint density at radius 2 is 1.92 bits per heavy atom. The lowest BCUT2D eigenvalue weighted by Gasteiger charge is -2.22. The zero-order valence-electron chi connectivity index (χ0n) is 14.2. The summed E-state index contributed by atoms with van der Waals surface area (Å²) in [6.07, 6.45) is 11.1. The van der Waals surface area contributed by atoms with E-state index in [2.05, 4.69) is 26.4 Å². The molecule has 4 rings (SSSR count). The molecule has 0 N–H and O–H groups in total. The van der Waals surface area contributed by atoms with Crippen LogP contribution in [-0.2, 0) is 4.79 Å². The highest BCUT2D eigenvalue weighted by Gasteiger charge is 2.34. The fourth-order valence-electron chi connectivity index (χ4n) is 4.21. The van der Waals surface area contributed by atoms with Crippen molar-refractivity contribution in [2.24, 2.45) is 5.92 Å². The monoisotopic (exact) mass is 324 g/mol. The highest BCUT2D eigenvalue weighted by atomic mass is 16.2. The molecule has 0 spiro atoms. The molecule has 1 amide bonds. The lowest BCUT2D eigenvalue weighted by atomic mass is 10.1. The van der Waals surface area contributed by atoms with Gasteiger partial charge in [-0.2, -0.15) is 0 Å². The van der Waals surface area contributed by atoms with E-state index in [1.54, 1.807) is 12.4 Å². The summed E-state index contributed by atoms with van der Waals surface area (Å²) in [5.41, 5.74) is 2.24. The molecular formula is C19H24N4O. The van der Waals surface area contributed by atoms with Crippen LogP contribution in [0.25, 0.3) is 11.4 Å². The van der Waals surface area contributed by atoms with E-state index < -0.39 is 0 Å². The molecule has 2 fully saturated rings. The van der Waals surface area contributed by atoms with Gasteiger partial charge in [0.1, 0.15) is 5.82 Å². The number of carbonyl (C=O) groups is 1. The molecule has 126 valence electrons. The second-order valence-electron chi connectivity index (χ2n) is 7.04. The van der Waals surface area contributed by atoms with Gasteiger partial charge in [-0.1, -0.05) is 12.8 Å². The number of aryl methyl sites for hydroxylation is 1. The summed E-state index contributed by atoms with van der Waals surface area (Å²) in [5, 5.41) is 0. The number of hydrogen-bond donors (Lipinski definition) is 0. The van der Waals surface area contributed by atoms with Crippen molar-refractivity contribution < 1.29 is 4.79 Å². The molecule has 5 heteroatoms. The fourth-order valence-corrected chi connectivity index (χ4v) is 4.21. The van der Waals surface area contributed by atoms with Gasteiger partial charge in [-0.05, 0) is 38.3 Å². The average molecular weight is 324 g/mol. The van der Waals surface area contributed by atoms with Crippen LogP contribution in [0.3, 0.4) is 0 Å². The number of carbonyl (C=O) groups excluding carboxylic acids is 1. The molecule has 2 aromatic rings. The molecule has 0 aromatic carbocycles. The molecule has 1 saturated carbocycles. The maximum absolute atomic E-state index is 12.7. The molecule has 3 heterocycles. The first-order valence-electron chi connectivity index (χ1n) is 8.97. The van der Waals surface area contributed by atoms with Crippen molar-refractivity contribution in [1.82, 2.24) is 19.4 Å². The molecule has 2 aliphatic rings. The standard InChI is InChI=1S/C19H24N4O/c1-14-12-21-18(15-6-9-20-10-7-15)23(14)17-8-11-22(13-17)19(24)16-4-2-3-5-16/h6-7,9-10,12,16-17H,2-5,8,11,13H2,1H3. The maximum Gasteiger partial charge on any atom is 0.225 e. The number of nitrogens with zero attached hydrogens (tertiary/aromatic N) is 4. The number of pyridine rings is 1. The second kappa shape index (κ2) is 6.38. The molecule has 1 aliphatic heterocycles. The van der Waals surface area contributed by atoms with Crippen molar-refractivity contribution >= 4 is 5.91 Å². The Labute approximate surface area is 142 Å². The number of likely N-dealkylation sites (tertiary alicyclic amines) is 1. The molecule has 1 unspecified atom stereocenters.